The number of benzene rings is 1. The van der Waals surface area contributed by atoms with Crippen LogP contribution in [0.4, 0.5) is 4.39 Å². The minimum absolute atomic E-state index is 0.141. The lowest BCUT2D eigenvalue weighted by Gasteiger charge is -2.10. The third-order valence-electron chi connectivity index (χ3n) is 3.11. The van der Waals surface area contributed by atoms with E-state index in [2.05, 4.69) is 0 Å². The molecule has 5 nitrogen and oxygen atoms in total. The molecule has 0 unspecified atom stereocenters. The maximum Gasteiger partial charge on any atom is 0.331 e. The van der Waals surface area contributed by atoms with Crippen molar-refractivity contribution in [3.05, 3.63) is 68.2 Å². The van der Waals surface area contributed by atoms with Gasteiger partial charge in [0.2, 0.25) is 0 Å². The molecule has 2 rings (SSSR count). The third-order valence-corrected chi connectivity index (χ3v) is 3.11. The fourth-order valence-corrected chi connectivity index (χ4v) is 2.05. The summed E-state index contributed by atoms with van der Waals surface area (Å²) in [6.07, 6.45) is 2.18. The average Bonchev–Trinajstić information content (AvgIpc) is 2.48. The van der Waals surface area contributed by atoms with Crippen LogP contribution in [-0.4, -0.2) is 9.13 Å². The van der Waals surface area contributed by atoms with Crippen molar-refractivity contribution >= 4 is 0 Å². The molecular formula is C15H14FN3O2. The van der Waals surface area contributed by atoms with Gasteiger partial charge in [-0.25, -0.2) is 9.18 Å². The molecule has 0 saturated carbocycles. The Morgan fingerprint density at radius 1 is 1.29 bits per heavy atom. The standard InChI is InChI=1S/C15H14FN3O2/c1-2-6-18-7-5-14(20)19(15(18)21)10-12-8-11(9-17)3-4-13(12)16/h3-5,7-8H,2,6,10H2,1H3. The van der Waals surface area contributed by atoms with Gasteiger partial charge in [-0.1, -0.05) is 6.92 Å². The van der Waals surface area contributed by atoms with Crippen LogP contribution < -0.4 is 11.2 Å². The molecule has 0 amide bonds. The zero-order valence-electron chi connectivity index (χ0n) is 11.5. The van der Waals surface area contributed by atoms with Gasteiger partial charge in [0.15, 0.2) is 0 Å². The number of rotatable bonds is 4. The van der Waals surface area contributed by atoms with Crippen molar-refractivity contribution in [3.8, 4) is 6.07 Å². The van der Waals surface area contributed by atoms with E-state index in [1.54, 1.807) is 0 Å². The molecule has 0 bridgehead atoms. The Kier molecular flexibility index (Phi) is 4.33. The zero-order valence-corrected chi connectivity index (χ0v) is 11.5. The second-order valence-electron chi connectivity index (χ2n) is 4.63. The number of nitrogens with zero attached hydrogens (tertiary/aromatic N) is 3. The van der Waals surface area contributed by atoms with Crippen molar-refractivity contribution in [2.24, 2.45) is 0 Å². The number of hydrogen-bond donors (Lipinski definition) is 0. The van der Waals surface area contributed by atoms with Crippen LogP contribution in [0.3, 0.4) is 0 Å². The molecule has 6 heteroatoms. The molecule has 1 heterocycles. The summed E-state index contributed by atoms with van der Waals surface area (Å²) in [6.45, 7) is 2.21. The van der Waals surface area contributed by atoms with E-state index in [1.807, 2.05) is 13.0 Å². The molecule has 0 aliphatic heterocycles. The number of halogens is 1. The van der Waals surface area contributed by atoms with E-state index in [-0.39, 0.29) is 17.7 Å². The summed E-state index contributed by atoms with van der Waals surface area (Å²) >= 11 is 0. The highest BCUT2D eigenvalue weighted by Crippen LogP contribution is 2.10. The van der Waals surface area contributed by atoms with Crippen LogP contribution in [0.1, 0.15) is 24.5 Å². The van der Waals surface area contributed by atoms with Gasteiger partial charge in [0.25, 0.3) is 5.56 Å². The summed E-state index contributed by atoms with van der Waals surface area (Å²) in [7, 11) is 0. The highest BCUT2D eigenvalue weighted by atomic mass is 19.1. The number of aryl methyl sites for hydroxylation is 1. The quantitative estimate of drug-likeness (QED) is 0.855. The van der Waals surface area contributed by atoms with Crippen LogP contribution in [0, 0.1) is 17.1 Å². The van der Waals surface area contributed by atoms with Crippen LogP contribution >= 0.6 is 0 Å². The molecule has 0 aliphatic rings. The lowest BCUT2D eigenvalue weighted by molar-refractivity contribution is 0.551. The normalized spacial score (nSPS) is 10.3. The van der Waals surface area contributed by atoms with E-state index in [4.69, 9.17) is 5.26 Å². The van der Waals surface area contributed by atoms with Gasteiger partial charge in [-0.2, -0.15) is 5.26 Å². The molecule has 2 aromatic rings. The number of aromatic nitrogens is 2. The molecule has 0 radical (unpaired) electrons. The topological polar surface area (TPSA) is 67.8 Å². The molecule has 0 fully saturated rings. The molecule has 0 aliphatic carbocycles. The Morgan fingerprint density at radius 3 is 2.71 bits per heavy atom. The first-order valence-electron chi connectivity index (χ1n) is 6.55. The first-order chi connectivity index (χ1) is 10.1. The van der Waals surface area contributed by atoms with Gasteiger partial charge >= 0.3 is 5.69 Å². The van der Waals surface area contributed by atoms with Crippen LogP contribution in [-0.2, 0) is 13.1 Å². The minimum Gasteiger partial charge on any atom is -0.300 e. The second-order valence-corrected chi connectivity index (χ2v) is 4.63. The molecular weight excluding hydrogens is 273 g/mol. The molecule has 1 aromatic heterocycles. The largest absolute Gasteiger partial charge is 0.331 e. The molecule has 0 atom stereocenters. The smallest absolute Gasteiger partial charge is 0.300 e. The Labute approximate surface area is 120 Å². The van der Waals surface area contributed by atoms with Crippen molar-refractivity contribution in [1.82, 2.24) is 9.13 Å². The Bertz CT molecular complexity index is 815. The van der Waals surface area contributed by atoms with E-state index in [0.717, 1.165) is 17.1 Å². The Hall–Kier alpha value is -2.68. The molecule has 21 heavy (non-hydrogen) atoms. The monoisotopic (exact) mass is 287 g/mol. The van der Waals surface area contributed by atoms with E-state index in [0.29, 0.717) is 6.54 Å². The minimum atomic E-state index is -0.550. The first kappa shape index (κ1) is 14.7. The predicted octanol–water partition coefficient (Wildman–Crippen LogP) is 1.48. The van der Waals surface area contributed by atoms with Gasteiger partial charge in [0.05, 0.1) is 18.2 Å². The third kappa shape index (κ3) is 3.08. The fraction of sp³-hybridized carbons (Fsp3) is 0.267. The summed E-state index contributed by atoms with van der Waals surface area (Å²) in [5.74, 6) is -0.550. The van der Waals surface area contributed by atoms with Crippen LogP contribution in [0.2, 0.25) is 0 Å². The lowest BCUT2D eigenvalue weighted by Crippen LogP contribution is -2.39. The van der Waals surface area contributed by atoms with E-state index >= 15 is 0 Å². The van der Waals surface area contributed by atoms with E-state index in [1.165, 1.54) is 29.0 Å². The fourth-order valence-electron chi connectivity index (χ4n) is 2.05. The van der Waals surface area contributed by atoms with Gasteiger partial charge in [-0.15, -0.1) is 0 Å². The summed E-state index contributed by atoms with van der Waals surface area (Å²) in [5, 5.41) is 8.84. The van der Waals surface area contributed by atoms with Crippen molar-refractivity contribution in [2.45, 2.75) is 26.4 Å². The van der Waals surface area contributed by atoms with E-state index < -0.39 is 17.1 Å². The van der Waals surface area contributed by atoms with Crippen LogP contribution in [0.15, 0.2) is 40.1 Å². The zero-order chi connectivity index (χ0) is 15.4. The maximum atomic E-state index is 13.8. The van der Waals surface area contributed by atoms with Crippen molar-refractivity contribution in [2.75, 3.05) is 0 Å². The highest BCUT2D eigenvalue weighted by Gasteiger charge is 2.09. The van der Waals surface area contributed by atoms with Crippen molar-refractivity contribution in [1.29, 1.82) is 5.26 Å². The van der Waals surface area contributed by atoms with Gasteiger partial charge in [0, 0.05) is 24.4 Å². The van der Waals surface area contributed by atoms with Gasteiger partial charge < -0.3 is 4.57 Å². The second kappa shape index (κ2) is 6.18. The summed E-state index contributed by atoms with van der Waals surface area (Å²) in [6, 6.07) is 7.04. The Morgan fingerprint density at radius 2 is 2.05 bits per heavy atom. The lowest BCUT2D eigenvalue weighted by atomic mass is 10.1. The molecule has 1 aromatic carbocycles. The maximum absolute atomic E-state index is 13.8. The predicted molar refractivity (Wildman–Crippen MR) is 75.5 cm³/mol. The number of nitriles is 1. The van der Waals surface area contributed by atoms with Crippen LogP contribution in [0.5, 0.6) is 0 Å². The van der Waals surface area contributed by atoms with Crippen molar-refractivity contribution in [3.63, 3.8) is 0 Å². The van der Waals surface area contributed by atoms with Crippen molar-refractivity contribution < 1.29 is 4.39 Å². The molecule has 0 N–H and O–H groups in total. The molecule has 0 spiro atoms. The van der Waals surface area contributed by atoms with Crippen LogP contribution in [0.25, 0.3) is 0 Å². The first-order valence-corrected chi connectivity index (χ1v) is 6.55. The molecule has 0 saturated heterocycles. The highest BCUT2D eigenvalue weighted by molar-refractivity contribution is 5.33. The van der Waals surface area contributed by atoms with Gasteiger partial charge in [0.1, 0.15) is 5.82 Å². The van der Waals surface area contributed by atoms with E-state index in [9.17, 15) is 14.0 Å². The molecule has 108 valence electrons. The Balaban J connectivity index is 2.50. The average molecular weight is 287 g/mol. The van der Waals surface area contributed by atoms with Gasteiger partial charge in [-0.05, 0) is 24.6 Å². The summed E-state index contributed by atoms with van der Waals surface area (Å²) < 4.78 is 16.1. The SMILES string of the molecule is CCCn1ccc(=O)n(Cc2cc(C#N)ccc2F)c1=O. The summed E-state index contributed by atoms with van der Waals surface area (Å²) in [4.78, 5) is 24.0. The van der Waals surface area contributed by atoms with Gasteiger partial charge in [-0.3, -0.25) is 9.36 Å². The summed E-state index contributed by atoms with van der Waals surface area (Å²) in [5.41, 5.74) is -0.549. The number of hydrogen-bond acceptors (Lipinski definition) is 3.